The average Bonchev–Trinajstić information content (AvgIpc) is 2.83. The van der Waals surface area contributed by atoms with Crippen LogP contribution in [0.25, 0.3) is 0 Å². The van der Waals surface area contributed by atoms with Crippen molar-refractivity contribution in [2.24, 2.45) is 0 Å². The van der Waals surface area contributed by atoms with E-state index in [0.717, 1.165) is 10.0 Å². The van der Waals surface area contributed by atoms with Crippen molar-refractivity contribution in [1.29, 1.82) is 0 Å². The molecule has 0 aliphatic carbocycles. The number of halogens is 1. The van der Waals surface area contributed by atoms with Gasteiger partial charge in [0.15, 0.2) is 0 Å². The van der Waals surface area contributed by atoms with Gasteiger partial charge in [0.1, 0.15) is 0 Å². The van der Waals surface area contributed by atoms with Gasteiger partial charge in [-0.2, -0.15) is 0 Å². The Labute approximate surface area is 142 Å². The van der Waals surface area contributed by atoms with Gasteiger partial charge < -0.3 is 4.90 Å². The highest BCUT2D eigenvalue weighted by molar-refractivity contribution is 9.10. The molecule has 0 fully saturated rings. The van der Waals surface area contributed by atoms with Crippen LogP contribution in [-0.4, -0.2) is 23.1 Å². The van der Waals surface area contributed by atoms with E-state index >= 15 is 0 Å². The number of thiophene rings is 1. The molecule has 1 aromatic carbocycles. The summed E-state index contributed by atoms with van der Waals surface area (Å²) in [5, 5.41) is 2.58. The Morgan fingerprint density at radius 3 is 2.52 bits per heavy atom. The molecule has 0 saturated carbocycles. The number of carbonyl (C=O) groups is 1. The maximum Gasteiger partial charge on any atom is 0.253 e. The quantitative estimate of drug-likeness (QED) is 0.654. The van der Waals surface area contributed by atoms with Crippen LogP contribution in [0.1, 0.15) is 29.1 Å². The molecular weight excluding hydrogens is 366 g/mol. The van der Waals surface area contributed by atoms with Gasteiger partial charge in [-0.25, -0.2) is 0 Å². The molecule has 1 heterocycles. The molecule has 21 heavy (non-hydrogen) atoms. The zero-order chi connectivity index (χ0) is 15.4. The molecule has 0 bridgehead atoms. The number of hydrogen-bond acceptors (Lipinski definition) is 3. The summed E-state index contributed by atoms with van der Waals surface area (Å²) in [6.07, 6.45) is 0. The van der Waals surface area contributed by atoms with Crippen molar-refractivity contribution in [2.45, 2.75) is 30.5 Å². The lowest BCUT2D eigenvalue weighted by molar-refractivity contribution is 0.0786. The molecule has 5 heteroatoms. The van der Waals surface area contributed by atoms with Gasteiger partial charge in [-0.15, -0.1) is 23.1 Å². The number of carbonyl (C=O) groups excluding carboxylic acids is 1. The predicted molar refractivity (Wildman–Crippen MR) is 95.3 cm³/mol. The van der Waals surface area contributed by atoms with Gasteiger partial charge in [-0.3, -0.25) is 4.79 Å². The van der Waals surface area contributed by atoms with E-state index in [2.05, 4.69) is 35.8 Å². The molecule has 0 radical (unpaired) electrons. The van der Waals surface area contributed by atoms with Crippen LogP contribution in [0.3, 0.4) is 0 Å². The van der Waals surface area contributed by atoms with Crippen molar-refractivity contribution in [3.63, 3.8) is 0 Å². The van der Waals surface area contributed by atoms with E-state index in [1.807, 2.05) is 36.7 Å². The Hall–Kier alpha value is -0.780. The molecule has 0 aliphatic rings. The molecule has 2 nitrogen and oxygen atoms in total. The summed E-state index contributed by atoms with van der Waals surface area (Å²) in [6.45, 7) is 4.96. The number of amides is 1. The number of rotatable bonds is 5. The highest BCUT2D eigenvalue weighted by atomic mass is 79.9. The minimum Gasteiger partial charge on any atom is -0.337 e. The SMILES string of the molecule is CC(C)Sc1ccc(C(=O)N(C)Cc2cc(Br)cs2)cc1. The van der Waals surface area contributed by atoms with Gasteiger partial charge in [0.2, 0.25) is 0 Å². The highest BCUT2D eigenvalue weighted by Crippen LogP contribution is 2.24. The molecule has 0 atom stereocenters. The fraction of sp³-hybridized carbons (Fsp3) is 0.312. The lowest BCUT2D eigenvalue weighted by Gasteiger charge is -2.16. The van der Waals surface area contributed by atoms with Gasteiger partial charge in [0.25, 0.3) is 5.91 Å². The monoisotopic (exact) mass is 383 g/mol. The van der Waals surface area contributed by atoms with Crippen molar-refractivity contribution in [3.8, 4) is 0 Å². The first-order chi connectivity index (χ1) is 9.95. The van der Waals surface area contributed by atoms with Crippen LogP contribution >= 0.6 is 39.0 Å². The maximum absolute atomic E-state index is 12.4. The first-order valence-electron chi connectivity index (χ1n) is 6.71. The minimum atomic E-state index is 0.0561. The third kappa shape index (κ3) is 4.87. The second kappa shape index (κ2) is 7.47. The summed E-state index contributed by atoms with van der Waals surface area (Å²) in [7, 11) is 1.84. The van der Waals surface area contributed by atoms with E-state index in [-0.39, 0.29) is 5.91 Å². The standard InChI is InChI=1S/C16H18BrNOS2/c1-11(2)21-14-6-4-12(5-7-14)16(19)18(3)9-15-8-13(17)10-20-15/h4-8,10-11H,9H2,1-3H3. The van der Waals surface area contributed by atoms with E-state index in [0.29, 0.717) is 11.8 Å². The highest BCUT2D eigenvalue weighted by Gasteiger charge is 2.13. The molecule has 2 aromatic rings. The Bertz CT molecular complexity index is 607. The average molecular weight is 384 g/mol. The summed E-state index contributed by atoms with van der Waals surface area (Å²) in [5.74, 6) is 0.0561. The second-order valence-corrected chi connectivity index (χ2v) is 8.64. The normalized spacial score (nSPS) is 10.9. The van der Waals surface area contributed by atoms with Crippen LogP contribution < -0.4 is 0 Å². The number of benzene rings is 1. The Kier molecular flexibility index (Phi) is 5.90. The van der Waals surface area contributed by atoms with Gasteiger partial charge in [-0.1, -0.05) is 13.8 Å². The van der Waals surface area contributed by atoms with Crippen LogP contribution in [0.2, 0.25) is 0 Å². The first-order valence-corrected chi connectivity index (χ1v) is 9.26. The van der Waals surface area contributed by atoms with Gasteiger partial charge in [0, 0.05) is 37.5 Å². The zero-order valence-electron chi connectivity index (χ0n) is 12.3. The van der Waals surface area contributed by atoms with E-state index in [9.17, 15) is 4.79 Å². The smallest absolute Gasteiger partial charge is 0.253 e. The largest absolute Gasteiger partial charge is 0.337 e. The lowest BCUT2D eigenvalue weighted by Crippen LogP contribution is -2.25. The van der Waals surface area contributed by atoms with Crippen molar-refractivity contribution in [1.82, 2.24) is 4.90 Å². The van der Waals surface area contributed by atoms with Crippen molar-refractivity contribution in [3.05, 3.63) is 50.6 Å². The topological polar surface area (TPSA) is 20.3 Å². The van der Waals surface area contributed by atoms with Crippen LogP contribution in [0.4, 0.5) is 0 Å². The minimum absolute atomic E-state index is 0.0561. The van der Waals surface area contributed by atoms with Crippen molar-refractivity contribution < 1.29 is 4.79 Å². The lowest BCUT2D eigenvalue weighted by atomic mass is 10.2. The number of hydrogen-bond donors (Lipinski definition) is 0. The predicted octanol–water partition coefficient (Wildman–Crippen LogP) is 5.28. The third-order valence-corrected chi connectivity index (χ3v) is 5.53. The fourth-order valence-electron chi connectivity index (χ4n) is 1.91. The zero-order valence-corrected chi connectivity index (χ0v) is 15.5. The molecule has 0 saturated heterocycles. The van der Waals surface area contributed by atoms with Crippen molar-refractivity contribution in [2.75, 3.05) is 7.05 Å². The van der Waals surface area contributed by atoms with E-state index in [1.54, 1.807) is 28.0 Å². The Morgan fingerprint density at radius 2 is 2.00 bits per heavy atom. The number of nitrogens with zero attached hydrogens (tertiary/aromatic N) is 1. The first kappa shape index (κ1) is 16.6. The van der Waals surface area contributed by atoms with E-state index in [4.69, 9.17) is 0 Å². The maximum atomic E-state index is 12.4. The Balaban J connectivity index is 2.01. The molecule has 1 aromatic heterocycles. The Morgan fingerprint density at radius 1 is 1.33 bits per heavy atom. The molecule has 0 aliphatic heterocycles. The summed E-state index contributed by atoms with van der Waals surface area (Å²) in [5.41, 5.74) is 0.737. The van der Waals surface area contributed by atoms with Crippen LogP contribution in [0.15, 0.2) is 45.1 Å². The molecule has 1 amide bonds. The van der Waals surface area contributed by atoms with Crippen molar-refractivity contribution >= 4 is 44.9 Å². The second-order valence-electron chi connectivity index (χ2n) is 5.08. The molecular formula is C16H18BrNOS2. The van der Waals surface area contributed by atoms with Gasteiger partial charge in [0.05, 0.1) is 6.54 Å². The van der Waals surface area contributed by atoms with Crippen LogP contribution in [0.5, 0.6) is 0 Å². The van der Waals surface area contributed by atoms with Gasteiger partial charge >= 0.3 is 0 Å². The third-order valence-electron chi connectivity index (χ3n) is 2.83. The van der Waals surface area contributed by atoms with Gasteiger partial charge in [-0.05, 0) is 46.3 Å². The molecule has 0 N–H and O–H groups in total. The van der Waals surface area contributed by atoms with E-state index < -0.39 is 0 Å². The summed E-state index contributed by atoms with van der Waals surface area (Å²) in [6, 6.07) is 9.92. The molecule has 0 unspecified atom stereocenters. The molecule has 0 spiro atoms. The molecule has 112 valence electrons. The summed E-state index contributed by atoms with van der Waals surface area (Å²) in [4.78, 5) is 16.5. The summed E-state index contributed by atoms with van der Waals surface area (Å²) < 4.78 is 1.07. The van der Waals surface area contributed by atoms with E-state index in [1.165, 1.54) is 9.77 Å². The van der Waals surface area contributed by atoms with Crippen LogP contribution in [-0.2, 0) is 6.54 Å². The summed E-state index contributed by atoms with van der Waals surface area (Å²) >= 11 is 6.90. The van der Waals surface area contributed by atoms with Crippen LogP contribution in [0, 0.1) is 0 Å². The number of thioether (sulfide) groups is 1. The molecule has 2 rings (SSSR count). The fourth-order valence-corrected chi connectivity index (χ4v) is 4.25.